The molecule has 7 nitrogen and oxygen atoms in total. The lowest BCUT2D eigenvalue weighted by Gasteiger charge is -2.28. The average molecular weight is 520 g/mol. The summed E-state index contributed by atoms with van der Waals surface area (Å²) in [5.74, 6) is -0.117. The SMILES string of the molecule is CCOc1cc(N(CC)CC)ccc1C(c1ccc(N(CC)CC)cc1OCC)c1ncccc1C(=O)O. The number of ether oxygens (including phenoxy) is 2. The number of carbonyl (C=O) groups is 1. The molecule has 0 atom stereocenters. The molecular weight excluding hydrogens is 478 g/mol. The number of aromatic nitrogens is 1. The molecule has 1 heterocycles. The van der Waals surface area contributed by atoms with Gasteiger partial charge in [-0.2, -0.15) is 0 Å². The van der Waals surface area contributed by atoms with Gasteiger partial charge in [0.1, 0.15) is 11.5 Å². The third-order valence-electron chi connectivity index (χ3n) is 6.82. The van der Waals surface area contributed by atoms with E-state index in [0.717, 1.165) is 48.7 Å². The van der Waals surface area contributed by atoms with Crippen LogP contribution in [0.1, 0.15) is 74.6 Å². The van der Waals surface area contributed by atoms with Gasteiger partial charge in [-0.15, -0.1) is 0 Å². The molecule has 0 aliphatic heterocycles. The molecule has 0 saturated carbocycles. The molecule has 0 amide bonds. The second-order valence-electron chi connectivity index (χ2n) is 8.83. The van der Waals surface area contributed by atoms with Crippen molar-refractivity contribution in [2.75, 3.05) is 49.2 Å². The van der Waals surface area contributed by atoms with E-state index in [0.29, 0.717) is 30.4 Å². The number of benzene rings is 2. The largest absolute Gasteiger partial charge is 0.493 e. The van der Waals surface area contributed by atoms with E-state index in [2.05, 4.69) is 54.6 Å². The van der Waals surface area contributed by atoms with Gasteiger partial charge in [0.15, 0.2) is 0 Å². The first-order valence-corrected chi connectivity index (χ1v) is 13.6. The highest BCUT2D eigenvalue weighted by Crippen LogP contribution is 2.44. The van der Waals surface area contributed by atoms with Crippen molar-refractivity contribution >= 4 is 17.3 Å². The van der Waals surface area contributed by atoms with Crippen LogP contribution < -0.4 is 19.3 Å². The van der Waals surface area contributed by atoms with Crippen molar-refractivity contribution in [3.63, 3.8) is 0 Å². The molecule has 38 heavy (non-hydrogen) atoms. The van der Waals surface area contributed by atoms with Crippen LogP contribution in [0.3, 0.4) is 0 Å². The number of nitrogens with zero attached hydrogens (tertiary/aromatic N) is 3. The van der Waals surface area contributed by atoms with Crippen LogP contribution in [0.25, 0.3) is 0 Å². The van der Waals surface area contributed by atoms with E-state index in [-0.39, 0.29) is 5.56 Å². The van der Waals surface area contributed by atoms with Gasteiger partial charge in [0.05, 0.1) is 30.4 Å². The normalized spacial score (nSPS) is 10.9. The Bertz CT molecular complexity index is 1140. The summed E-state index contributed by atoms with van der Waals surface area (Å²) in [6.45, 7) is 16.9. The zero-order chi connectivity index (χ0) is 27.7. The van der Waals surface area contributed by atoms with E-state index < -0.39 is 11.9 Å². The highest BCUT2D eigenvalue weighted by atomic mass is 16.5. The Balaban J connectivity index is 2.34. The Morgan fingerprint density at radius 3 is 1.66 bits per heavy atom. The van der Waals surface area contributed by atoms with E-state index in [1.807, 2.05) is 38.1 Å². The first-order chi connectivity index (χ1) is 18.4. The van der Waals surface area contributed by atoms with Crippen molar-refractivity contribution in [2.45, 2.75) is 47.5 Å². The molecule has 0 aliphatic rings. The molecule has 0 fully saturated rings. The average Bonchev–Trinajstić information content (AvgIpc) is 2.93. The molecule has 7 heteroatoms. The van der Waals surface area contributed by atoms with Gasteiger partial charge < -0.3 is 24.4 Å². The van der Waals surface area contributed by atoms with Gasteiger partial charge in [-0.1, -0.05) is 12.1 Å². The van der Waals surface area contributed by atoms with E-state index in [9.17, 15) is 9.90 Å². The van der Waals surface area contributed by atoms with Gasteiger partial charge in [-0.05, 0) is 65.8 Å². The fourth-order valence-electron chi connectivity index (χ4n) is 4.95. The van der Waals surface area contributed by atoms with Crippen LogP contribution in [-0.2, 0) is 0 Å². The van der Waals surface area contributed by atoms with Crippen LogP contribution in [-0.4, -0.2) is 55.5 Å². The van der Waals surface area contributed by atoms with Crippen molar-refractivity contribution in [1.29, 1.82) is 0 Å². The Labute approximate surface area is 227 Å². The minimum absolute atomic E-state index is 0.156. The standard InChI is InChI=1S/C31H41N3O4/c1-7-33(8-2)22-15-17-24(27(20-22)37-11-5)29(30-26(31(35)36)14-13-19-32-30)25-18-16-23(34(9-3)10-4)21-28(25)38-12-6/h13-21,29H,7-12H2,1-6H3,(H,35,36). The van der Waals surface area contributed by atoms with Crippen molar-refractivity contribution in [1.82, 2.24) is 4.98 Å². The fraction of sp³-hybridized carbons (Fsp3) is 0.419. The van der Waals surface area contributed by atoms with Crippen LogP contribution in [0.4, 0.5) is 11.4 Å². The predicted octanol–water partition coefficient (Wildman–Crippen LogP) is 6.45. The third-order valence-corrected chi connectivity index (χ3v) is 6.82. The summed E-state index contributed by atoms with van der Waals surface area (Å²) in [6.07, 6.45) is 1.64. The Morgan fingerprint density at radius 2 is 1.26 bits per heavy atom. The molecule has 3 aromatic rings. The molecule has 3 rings (SSSR count). The molecule has 1 aromatic heterocycles. The van der Waals surface area contributed by atoms with Crippen molar-refractivity contribution in [3.8, 4) is 11.5 Å². The quantitative estimate of drug-likeness (QED) is 0.262. The zero-order valence-corrected chi connectivity index (χ0v) is 23.5. The van der Waals surface area contributed by atoms with Gasteiger partial charge >= 0.3 is 5.97 Å². The minimum atomic E-state index is -1.02. The van der Waals surface area contributed by atoms with Crippen molar-refractivity contribution in [3.05, 3.63) is 77.1 Å². The van der Waals surface area contributed by atoms with E-state index >= 15 is 0 Å². The monoisotopic (exact) mass is 519 g/mol. The first-order valence-electron chi connectivity index (χ1n) is 13.6. The molecule has 0 unspecified atom stereocenters. The van der Waals surface area contributed by atoms with Gasteiger partial charge in [-0.3, -0.25) is 4.98 Å². The van der Waals surface area contributed by atoms with Gasteiger partial charge in [0, 0.05) is 67.0 Å². The molecule has 1 N–H and O–H groups in total. The number of pyridine rings is 1. The van der Waals surface area contributed by atoms with E-state index in [1.54, 1.807) is 18.3 Å². The number of aromatic carboxylic acids is 1. The van der Waals surface area contributed by atoms with E-state index in [1.165, 1.54) is 0 Å². The van der Waals surface area contributed by atoms with Gasteiger partial charge in [0.2, 0.25) is 0 Å². The van der Waals surface area contributed by atoms with Crippen LogP contribution in [0.2, 0.25) is 0 Å². The second kappa shape index (κ2) is 13.7. The molecule has 0 aliphatic carbocycles. The number of hydrogen-bond acceptors (Lipinski definition) is 6. The summed E-state index contributed by atoms with van der Waals surface area (Å²) in [7, 11) is 0. The summed E-state index contributed by atoms with van der Waals surface area (Å²) in [5, 5.41) is 10.1. The minimum Gasteiger partial charge on any atom is -0.493 e. The fourth-order valence-corrected chi connectivity index (χ4v) is 4.95. The second-order valence-corrected chi connectivity index (χ2v) is 8.83. The van der Waals surface area contributed by atoms with Crippen LogP contribution in [0, 0.1) is 0 Å². The van der Waals surface area contributed by atoms with E-state index in [4.69, 9.17) is 9.47 Å². The Morgan fingerprint density at radius 1 is 0.789 bits per heavy atom. The number of carboxylic acids is 1. The molecule has 2 aromatic carbocycles. The number of hydrogen-bond donors (Lipinski definition) is 1. The molecule has 0 spiro atoms. The van der Waals surface area contributed by atoms with Crippen LogP contribution in [0.5, 0.6) is 11.5 Å². The Kier molecular flexibility index (Phi) is 10.4. The number of rotatable bonds is 14. The van der Waals surface area contributed by atoms with Gasteiger partial charge in [0.25, 0.3) is 0 Å². The summed E-state index contributed by atoms with van der Waals surface area (Å²) in [5.41, 5.74) is 4.42. The maximum Gasteiger partial charge on any atom is 0.337 e. The van der Waals surface area contributed by atoms with Crippen molar-refractivity contribution < 1.29 is 19.4 Å². The maximum atomic E-state index is 12.3. The summed E-state index contributed by atoms with van der Waals surface area (Å²) in [6, 6.07) is 15.6. The molecule has 0 bridgehead atoms. The first kappa shape index (κ1) is 28.8. The molecular formula is C31H41N3O4. The number of anilines is 2. The Hall–Kier alpha value is -3.74. The predicted molar refractivity (Wildman–Crippen MR) is 154 cm³/mol. The summed E-state index contributed by atoms with van der Waals surface area (Å²) >= 11 is 0. The smallest absolute Gasteiger partial charge is 0.337 e. The topological polar surface area (TPSA) is 75.1 Å². The maximum absolute atomic E-state index is 12.3. The lowest BCUT2D eigenvalue weighted by atomic mass is 9.84. The lowest BCUT2D eigenvalue weighted by molar-refractivity contribution is 0.0695. The molecule has 0 radical (unpaired) electrons. The van der Waals surface area contributed by atoms with Gasteiger partial charge in [-0.25, -0.2) is 4.79 Å². The van der Waals surface area contributed by atoms with Crippen molar-refractivity contribution in [2.24, 2.45) is 0 Å². The molecule has 0 saturated heterocycles. The summed E-state index contributed by atoms with van der Waals surface area (Å²) in [4.78, 5) is 21.5. The lowest BCUT2D eigenvalue weighted by Crippen LogP contribution is -2.22. The van der Waals surface area contributed by atoms with Crippen LogP contribution >= 0.6 is 0 Å². The number of carboxylic acid groups (broad SMARTS) is 1. The van der Waals surface area contributed by atoms with Crippen LogP contribution in [0.15, 0.2) is 54.7 Å². The third kappa shape index (κ3) is 6.21. The zero-order valence-electron chi connectivity index (χ0n) is 23.5. The highest BCUT2D eigenvalue weighted by Gasteiger charge is 2.30. The molecule has 204 valence electrons. The summed E-state index contributed by atoms with van der Waals surface area (Å²) < 4.78 is 12.4. The highest BCUT2D eigenvalue weighted by molar-refractivity contribution is 5.89.